The van der Waals surface area contributed by atoms with Crippen LogP contribution in [0.4, 0.5) is 0 Å². The van der Waals surface area contributed by atoms with Crippen LogP contribution in [0.2, 0.25) is 0 Å². The Hall–Kier alpha value is -2.43. The summed E-state index contributed by atoms with van der Waals surface area (Å²) in [5.74, 6) is 0. The molecule has 0 saturated carbocycles. The van der Waals surface area contributed by atoms with Gasteiger partial charge in [0.25, 0.3) is 0 Å². The zero-order valence-corrected chi connectivity index (χ0v) is 7.05. The van der Waals surface area contributed by atoms with E-state index in [1.165, 1.54) is 0 Å². The van der Waals surface area contributed by atoms with Gasteiger partial charge in [0.15, 0.2) is 0 Å². The van der Waals surface area contributed by atoms with E-state index in [-0.39, 0.29) is 17.1 Å². The number of rotatable bonds is 0. The molecule has 0 rings (SSSR count). The third-order valence-corrected chi connectivity index (χ3v) is 0. The zero-order chi connectivity index (χ0) is 12.0. The Bertz CT molecular complexity index is 90.4. The van der Waals surface area contributed by atoms with Gasteiger partial charge in [-0.25, -0.2) is 0 Å². The van der Waals surface area contributed by atoms with Crippen LogP contribution < -0.4 is 0 Å². The summed E-state index contributed by atoms with van der Waals surface area (Å²) in [5.41, 5.74) is 5.75. The minimum absolute atomic E-state index is 0. The molecule has 0 heterocycles. The van der Waals surface area contributed by atoms with Crippen molar-refractivity contribution in [1.82, 2.24) is 0 Å². The average Bonchev–Trinajstić information content (AvgIpc) is 2.33. The van der Waals surface area contributed by atoms with Gasteiger partial charge in [-0.1, -0.05) is 0 Å². The SMILES string of the molecule is [C-]#N.[C-]#N.[C-]#N.[C-]#N.[C-]#N.[Fe].[N-]=O. The van der Waals surface area contributed by atoms with Crippen molar-refractivity contribution in [2.45, 2.75) is 0 Å². The molecule has 0 spiro atoms. The molecule has 0 bridgehead atoms. The molecule has 0 unspecified atom stereocenters. The molecule has 0 aliphatic carbocycles. The topological polar surface area (TPSA) is 158 Å². The molecule has 0 aromatic rings. The van der Waals surface area contributed by atoms with E-state index < -0.39 is 0 Å². The quantitative estimate of drug-likeness (QED) is 0.429. The number of hydrogen-bond donors (Lipinski definition) is 0. The van der Waals surface area contributed by atoms with Crippen molar-refractivity contribution >= 4 is 0 Å². The molecule has 0 aliphatic heterocycles. The summed E-state index contributed by atoms with van der Waals surface area (Å²) in [4.78, 5) is 7.25. The van der Waals surface area contributed by atoms with Crippen LogP contribution >= 0.6 is 0 Å². The van der Waals surface area contributed by atoms with Crippen LogP contribution in [-0.2, 0) is 17.1 Å². The molecule has 0 aromatic carbocycles. The molecule has 0 aliphatic rings. The van der Waals surface area contributed by atoms with E-state index in [9.17, 15) is 0 Å². The van der Waals surface area contributed by atoms with Crippen LogP contribution in [0.15, 0.2) is 0 Å². The van der Waals surface area contributed by atoms with Gasteiger partial charge in [-0.05, 0) is 0 Å². The van der Waals surface area contributed by atoms with E-state index in [0.29, 0.717) is 0 Å². The Morgan fingerprint density at radius 3 is 0.538 bits per heavy atom. The summed E-state index contributed by atoms with van der Waals surface area (Å²) >= 11 is 0. The number of hydrogen-bond acceptors (Lipinski definition) is 6. The molecule has 0 amide bonds. The van der Waals surface area contributed by atoms with E-state index in [1.54, 1.807) is 0 Å². The van der Waals surface area contributed by atoms with Gasteiger partial charge in [-0.3, -0.25) is 0 Å². The van der Waals surface area contributed by atoms with Crippen LogP contribution in [0, 0.1) is 64.1 Å². The predicted molar refractivity (Wildman–Crippen MR) is 31.6 cm³/mol. The Morgan fingerprint density at radius 2 is 0.538 bits per heavy atom. The van der Waals surface area contributed by atoms with Crippen LogP contribution in [0.1, 0.15) is 0 Å². The summed E-state index contributed by atoms with van der Waals surface area (Å²) < 4.78 is 0. The van der Waals surface area contributed by atoms with Gasteiger partial charge < -0.3 is 69.7 Å². The van der Waals surface area contributed by atoms with E-state index in [0.717, 1.165) is 0 Å². The predicted octanol–water partition coefficient (Wildman–Crippen LogP) is 0.802. The van der Waals surface area contributed by atoms with Crippen LogP contribution in [-0.4, -0.2) is 0 Å². The molecule has 0 aromatic heterocycles. The summed E-state index contributed by atoms with van der Waals surface area (Å²) in [6.45, 7) is 23.8. The van der Waals surface area contributed by atoms with Gasteiger partial charge in [0, 0.05) is 17.1 Å². The van der Waals surface area contributed by atoms with Gasteiger partial charge in [0.1, 0.15) is 0 Å². The van der Waals surface area contributed by atoms with Gasteiger partial charge >= 0.3 is 0 Å². The first-order chi connectivity index (χ1) is 6.00. The zero-order valence-electron chi connectivity index (χ0n) is 5.95. The Morgan fingerprint density at radius 1 is 0.538 bits per heavy atom. The maximum absolute atomic E-state index is 7.25. The largest absolute Gasteiger partial charge is 0.577 e. The van der Waals surface area contributed by atoms with Crippen molar-refractivity contribution in [3.05, 3.63) is 43.4 Å². The minimum atomic E-state index is 0. The molecule has 0 radical (unpaired) electrons. The molecule has 0 fully saturated rings. The third kappa shape index (κ3) is 92.8. The average molecular weight is 216 g/mol. The third-order valence-electron chi connectivity index (χ3n) is 0. The van der Waals surface area contributed by atoms with Crippen LogP contribution in [0.25, 0.3) is 5.59 Å². The molecule has 0 saturated heterocycles. The standard InChI is InChI=1S/5CN.Fe.NO/c5*1-2;;1-2/q5*-1;;-1. The maximum atomic E-state index is 7.25. The second-order valence-corrected chi connectivity index (χ2v) is 0. The summed E-state index contributed by atoms with van der Waals surface area (Å²) in [7, 11) is 0. The van der Waals surface area contributed by atoms with E-state index >= 15 is 0 Å². The second-order valence-electron chi connectivity index (χ2n) is 0. The fraction of sp³-hybridized carbons (Fsp3) is 0. The van der Waals surface area contributed by atoms with Crippen molar-refractivity contribution in [3.63, 3.8) is 0 Å². The van der Waals surface area contributed by atoms with Gasteiger partial charge in [0.05, 0.1) is 0 Å². The van der Waals surface area contributed by atoms with Gasteiger partial charge in [-0.15, -0.1) is 0 Å². The first kappa shape index (κ1) is 76.0. The minimum Gasteiger partial charge on any atom is -0.577 e. The summed E-state index contributed by atoms with van der Waals surface area (Å²) in [6, 6.07) is 0. The summed E-state index contributed by atoms with van der Waals surface area (Å²) in [6.07, 6.45) is 0. The van der Waals surface area contributed by atoms with E-state index in [4.69, 9.17) is 69.7 Å². The molecular weight excluding hydrogens is 216 g/mol. The molecular formula is C5FeN6O-6. The Kier molecular flexibility index (Phi) is 695. The smallest absolute Gasteiger partial charge is 0 e. The fourth-order valence-corrected chi connectivity index (χ4v) is 0. The van der Waals surface area contributed by atoms with Crippen molar-refractivity contribution in [2.24, 2.45) is 0 Å². The molecule has 70 valence electrons. The number of nitroso groups, excluding NO2 is 1. The van der Waals surface area contributed by atoms with E-state index in [2.05, 4.69) is 0 Å². The van der Waals surface area contributed by atoms with Crippen molar-refractivity contribution in [3.8, 4) is 0 Å². The maximum Gasteiger partial charge on any atom is 0 e. The Labute approximate surface area is 87.3 Å². The molecule has 0 atom stereocenters. The Balaban J connectivity index is -0.00000000655. The van der Waals surface area contributed by atoms with Crippen LogP contribution in [0.3, 0.4) is 0 Å². The van der Waals surface area contributed by atoms with Crippen molar-refractivity contribution < 1.29 is 17.1 Å². The van der Waals surface area contributed by atoms with Crippen LogP contribution in [0.5, 0.6) is 0 Å². The van der Waals surface area contributed by atoms with Crippen molar-refractivity contribution in [1.29, 1.82) is 26.3 Å². The van der Waals surface area contributed by atoms with Gasteiger partial charge in [-0.2, -0.15) is 0 Å². The number of nitrogens with zero attached hydrogens (tertiary/aromatic N) is 6. The second kappa shape index (κ2) is 119. The molecule has 7 nitrogen and oxygen atoms in total. The molecule has 8 heteroatoms. The van der Waals surface area contributed by atoms with Crippen molar-refractivity contribution in [2.75, 3.05) is 0 Å². The molecule has 13 heavy (non-hydrogen) atoms. The van der Waals surface area contributed by atoms with E-state index in [1.807, 2.05) is 0 Å². The normalized spacial score (nSPS) is 1.08. The summed E-state index contributed by atoms with van der Waals surface area (Å²) in [5, 5.41) is 31.2. The first-order valence-corrected chi connectivity index (χ1v) is 1.30. The monoisotopic (exact) mass is 216 g/mol. The van der Waals surface area contributed by atoms with Gasteiger partial charge in [0.2, 0.25) is 0 Å². The first-order valence-electron chi connectivity index (χ1n) is 1.30. The molecule has 0 N–H and O–H groups in total. The fourth-order valence-electron chi connectivity index (χ4n) is 0.